The lowest BCUT2D eigenvalue weighted by Gasteiger charge is -2.41. The number of phenolic OH excluding ortho intramolecular Hbond substituents is 4. The molecule has 0 bridgehead atoms. The van der Waals surface area contributed by atoms with E-state index in [9.17, 15) is 20.4 Å². The van der Waals surface area contributed by atoms with Gasteiger partial charge in [-0.15, -0.1) is 0 Å². The van der Waals surface area contributed by atoms with E-state index in [1.165, 1.54) is 0 Å². The zero-order chi connectivity index (χ0) is 28.3. The fraction of sp³-hybridized carbons (Fsp3) is 0.314. The van der Waals surface area contributed by atoms with E-state index in [1.54, 1.807) is 36.4 Å². The second kappa shape index (κ2) is 11.4. The molecule has 4 heteroatoms. The van der Waals surface area contributed by atoms with Crippen molar-refractivity contribution in [3.8, 4) is 23.0 Å². The molecule has 0 saturated heterocycles. The summed E-state index contributed by atoms with van der Waals surface area (Å²) in [6.45, 7) is 10.7. The number of rotatable bonds is 9. The average Bonchev–Trinajstić information content (AvgIpc) is 2.94. The van der Waals surface area contributed by atoms with Crippen LogP contribution in [0.15, 0.2) is 84.9 Å². The number of benzene rings is 4. The van der Waals surface area contributed by atoms with E-state index >= 15 is 0 Å². The van der Waals surface area contributed by atoms with Gasteiger partial charge in [-0.3, -0.25) is 0 Å². The third-order valence-corrected chi connectivity index (χ3v) is 8.57. The predicted molar refractivity (Wildman–Crippen MR) is 158 cm³/mol. The summed E-state index contributed by atoms with van der Waals surface area (Å²) in [7, 11) is 0. The fourth-order valence-electron chi connectivity index (χ4n) is 5.68. The van der Waals surface area contributed by atoms with Crippen molar-refractivity contribution in [2.45, 2.75) is 70.6 Å². The first-order chi connectivity index (χ1) is 18.6. The summed E-state index contributed by atoms with van der Waals surface area (Å²) in [6, 6.07) is 26.4. The molecular weight excluding hydrogens is 484 g/mol. The standard InChI is InChI=1S/C35H40O4/c1-6-22(3)30-20-26(12-18-32(30)38)35(5,27-13-19-33(39)31(21-27)23(4)7-2)34(24-8-14-28(36)15-9-24)25-10-16-29(37)17-11-25/h8-23,34,36-39H,6-7H2,1-5H3. The summed E-state index contributed by atoms with van der Waals surface area (Å²) in [6.07, 6.45) is 1.79. The van der Waals surface area contributed by atoms with Crippen LogP contribution in [-0.4, -0.2) is 20.4 Å². The highest BCUT2D eigenvalue weighted by molar-refractivity contribution is 5.55. The maximum absolute atomic E-state index is 10.8. The minimum absolute atomic E-state index is 0.172. The van der Waals surface area contributed by atoms with Crippen LogP contribution in [0.2, 0.25) is 0 Å². The van der Waals surface area contributed by atoms with E-state index in [1.807, 2.05) is 36.4 Å². The molecule has 0 saturated carbocycles. The Morgan fingerprint density at radius 1 is 0.564 bits per heavy atom. The molecule has 0 amide bonds. The summed E-state index contributed by atoms with van der Waals surface area (Å²) < 4.78 is 0. The zero-order valence-electron chi connectivity index (χ0n) is 23.5. The van der Waals surface area contributed by atoms with Crippen LogP contribution in [0.4, 0.5) is 0 Å². The second-order valence-corrected chi connectivity index (χ2v) is 11.0. The molecule has 4 aromatic carbocycles. The molecule has 0 heterocycles. The molecule has 4 N–H and O–H groups in total. The SMILES string of the molecule is CCC(C)c1cc(C(C)(c2ccc(O)c(C(C)CC)c2)C(c2ccc(O)cc2)c2ccc(O)cc2)ccc1O. The molecule has 4 aromatic rings. The first-order valence-electron chi connectivity index (χ1n) is 13.8. The van der Waals surface area contributed by atoms with Crippen LogP contribution in [-0.2, 0) is 5.41 Å². The van der Waals surface area contributed by atoms with Gasteiger partial charge in [-0.1, -0.05) is 83.1 Å². The molecule has 4 rings (SSSR count). The molecule has 0 aliphatic carbocycles. The van der Waals surface area contributed by atoms with Crippen LogP contribution >= 0.6 is 0 Å². The van der Waals surface area contributed by atoms with Gasteiger partial charge in [0.15, 0.2) is 0 Å². The normalized spacial score (nSPS) is 14.6. The van der Waals surface area contributed by atoms with Crippen LogP contribution in [0, 0.1) is 0 Å². The van der Waals surface area contributed by atoms with Gasteiger partial charge >= 0.3 is 0 Å². The van der Waals surface area contributed by atoms with Crippen LogP contribution in [0.25, 0.3) is 0 Å². The maximum atomic E-state index is 10.8. The summed E-state index contributed by atoms with van der Waals surface area (Å²) >= 11 is 0. The average molecular weight is 525 g/mol. The minimum Gasteiger partial charge on any atom is -0.508 e. The topological polar surface area (TPSA) is 80.9 Å². The Morgan fingerprint density at radius 3 is 1.26 bits per heavy atom. The van der Waals surface area contributed by atoms with Crippen LogP contribution in [0.1, 0.15) is 98.6 Å². The van der Waals surface area contributed by atoms with Gasteiger partial charge in [0, 0.05) is 11.3 Å². The van der Waals surface area contributed by atoms with Crippen molar-refractivity contribution in [1.82, 2.24) is 0 Å². The number of hydrogen-bond acceptors (Lipinski definition) is 4. The first-order valence-corrected chi connectivity index (χ1v) is 13.8. The van der Waals surface area contributed by atoms with Crippen molar-refractivity contribution < 1.29 is 20.4 Å². The summed E-state index contributed by atoms with van der Waals surface area (Å²) in [4.78, 5) is 0. The Labute approximate surface area is 232 Å². The van der Waals surface area contributed by atoms with Gasteiger partial charge in [0.1, 0.15) is 23.0 Å². The number of hydrogen-bond donors (Lipinski definition) is 4. The van der Waals surface area contributed by atoms with E-state index < -0.39 is 5.41 Å². The van der Waals surface area contributed by atoms with E-state index in [-0.39, 0.29) is 40.8 Å². The molecule has 204 valence electrons. The third-order valence-electron chi connectivity index (χ3n) is 8.57. The molecule has 0 radical (unpaired) electrons. The second-order valence-electron chi connectivity index (χ2n) is 11.0. The highest BCUT2D eigenvalue weighted by Gasteiger charge is 2.41. The lowest BCUT2D eigenvalue weighted by molar-refractivity contribution is 0.452. The molecule has 4 nitrogen and oxygen atoms in total. The lowest BCUT2D eigenvalue weighted by Crippen LogP contribution is -2.33. The van der Waals surface area contributed by atoms with Gasteiger partial charge in [0.25, 0.3) is 0 Å². The Bertz CT molecular complexity index is 1300. The Hall–Kier alpha value is -3.92. The van der Waals surface area contributed by atoms with Gasteiger partial charge < -0.3 is 20.4 Å². The van der Waals surface area contributed by atoms with E-state index in [2.05, 4.69) is 46.8 Å². The van der Waals surface area contributed by atoms with Gasteiger partial charge in [-0.2, -0.15) is 0 Å². The molecule has 0 spiro atoms. The summed E-state index contributed by atoms with van der Waals surface area (Å²) in [5.41, 5.74) is 5.20. The Balaban J connectivity index is 2.09. The summed E-state index contributed by atoms with van der Waals surface area (Å²) in [5, 5.41) is 41.8. The van der Waals surface area contributed by atoms with Crippen molar-refractivity contribution in [3.63, 3.8) is 0 Å². The number of phenols is 4. The highest BCUT2D eigenvalue weighted by Crippen LogP contribution is 2.50. The molecule has 2 unspecified atom stereocenters. The minimum atomic E-state index is -0.653. The molecule has 0 aliphatic rings. The third kappa shape index (κ3) is 5.47. The monoisotopic (exact) mass is 524 g/mol. The van der Waals surface area contributed by atoms with Crippen molar-refractivity contribution in [3.05, 3.63) is 118 Å². The molecular formula is C35H40O4. The zero-order valence-corrected chi connectivity index (χ0v) is 23.5. The van der Waals surface area contributed by atoms with Crippen molar-refractivity contribution >= 4 is 0 Å². The van der Waals surface area contributed by atoms with Crippen molar-refractivity contribution in [2.75, 3.05) is 0 Å². The highest BCUT2D eigenvalue weighted by atomic mass is 16.3. The fourth-order valence-corrected chi connectivity index (χ4v) is 5.68. The molecule has 0 fully saturated rings. The van der Waals surface area contributed by atoms with Gasteiger partial charge in [0.05, 0.1) is 0 Å². The predicted octanol–water partition coefficient (Wildman–Crippen LogP) is 8.67. The Morgan fingerprint density at radius 2 is 0.923 bits per heavy atom. The van der Waals surface area contributed by atoms with Crippen LogP contribution < -0.4 is 0 Å². The van der Waals surface area contributed by atoms with E-state index in [0.29, 0.717) is 0 Å². The first kappa shape index (κ1) is 28.1. The van der Waals surface area contributed by atoms with Gasteiger partial charge in [0.2, 0.25) is 0 Å². The molecule has 0 aliphatic heterocycles. The van der Waals surface area contributed by atoms with Crippen LogP contribution in [0.3, 0.4) is 0 Å². The maximum Gasteiger partial charge on any atom is 0.119 e. The van der Waals surface area contributed by atoms with E-state index in [4.69, 9.17) is 0 Å². The quantitative estimate of drug-likeness (QED) is 0.177. The summed E-state index contributed by atoms with van der Waals surface area (Å²) in [5.74, 6) is 1.08. The van der Waals surface area contributed by atoms with Gasteiger partial charge in [-0.05, 0) is 94.5 Å². The van der Waals surface area contributed by atoms with Crippen molar-refractivity contribution in [1.29, 1.82) is 0 Å². The smallest absolute Gasteiger partial charge is 0.119 e. The molecule has 39 heavy (non-hydrogen) atoms. The molecule has 2 atom stereocenters. The van der Waals surface area contributed by atoms with Gasteiger partial charge in [-0.25, -0.2) is 0 Å². The Kier molecular flexibility index (Phi) is 8.25. The lowest BCUT2D eigenvalue weighted by atomic mass is 9.62. The molecule has 0 aromatic heterocycles. The van der Waals surface area contributed by atoms with E-state index in [0.717, 1.165) is 46.2 Å². The largest absolute Gasteiger partial charge is 0.508 e. The van der Waals surface area contributed by atoms with Crippen LogP contribution in [0.5, 0.6) is 23.0 Å². The number of aromatic hydroxyl groups is 4. The van der Waals surface area contributed by atoms with Crippen molar-refractivity contribution in [2.24, 2.45) is 0 Å².